The number of esters is 1. The molecule has 0 saturated carbocycles. The minimum atomic E-state index is -1.01. The first-order valence-corrected chi connectivity index (χ1v) is 17.3. The SMILES string of the molecule is CCCCCCCCCCCCCCCC(=O)OCCOCCOCCNc1cccc2c1C(=O)N(C1CCC(=O)NC1=O)C2=O. The van der Waals surface area contributed by atoms with E-state index in [9.17, 15) is 24.0 Å². The van der Waals surface area contributed by atoms with E-state index >= 15 is 0 Å². The van der Waals surface area contributed by atoms with E-state index in [4.69, 9.17) is 14.2 Å². The summed E-state index contributed by atoms with van der Waals surface area (Å²) in [6.45, 7) is 4.20. The molecule has 46 heavy (non-hydrogen) atoms. The van der Waals surface area contributed by atoms with Crippen molar-refractivity contribution in [2.45, 2.75) is 116 Å². The average Bonchev–Trinajstić information content (AvgIpc) is 3.30. The summed E-state index contributed by atoms with van der Waals surface area (Å²) in [6, 6.07) is 3.91. The number of amides is 4. The summed E-state index contributed by atoms with van der Waals surface area (Å²) in [5.41, 5.74) is 0.911. The summed E-state index contributed by atoms with van der Waals surface area (Å²) in [5, 5.41) is 5.33. The van der Waals surface area contributed by atoms with Crippen LogP contribution in [0.25, 0.3) is 0 Å². The van der Waals surface area contributed by atoms with Crippen LogP contribution in [0.3, 0.4) is 0 Å². The zero-order chi connectivity index (χ0) is 33.0. The first-order valence-electron chi connectivity index (χ1n) is 17.3. The highest BCUT2D eigenvalue weighted by atomic mass is 16.6. The fraction of sp³-hybridized carbons (Fsp3) is 0.686. The van der Waals surface area contributed by atoms with Crippen LogP contribution in [-0.2, 0) is 28.6 Å². The Kier molecular flexibility index (Phi) is 17.3. The van der Waals surface area contributed by atoms with Crippen molar-refractivity contribution < 1.29 is 38.2 Å². The average molecular weight is 644 g/mol. The number of fused-ring (bicyclic) bond motifs is 1. The molecule has 0 spiro atoms. The van der Waals surface area contributed by atoms with Crippen LogP contribution in [0.2, 0.25) is 0 Å². The Morgan fingerprint density at radius 3 is 2.07 bits per heavy atom. The Bertz CT molecular complexity index is 1140. The third-order valence-corrected chi connectivity index (χ3v) is 8.38. The van der Waals surface area contributed by atoms with Gasteiger partial charge in [-0.2, -0.15) is 0 Å². The second-order valence-electron chi connectivity index (χ2n) is 12.0. The summed E-state index contributed by atoms with van der Waals surface area (Å²) in [6.07, 6.45) is 17.1. The highest BCUT2D eigenvalue weighted by Crippen LogP contribution is 2.32. The van der Waals surface area contributed by atoms with E-state index < -0.39 is 29.7 Å². The molecule has 2 heterocycles. The highest BCUT2D eigenvalue weighted by molar-refractivity contribution is 6.25. The lowest BCUT2D eigenvalue weighted by molar-refractivity contribution is -0.145. The highest BCUT2D eigenvalue weighted by Gasteiger charge is 2.45. The molecule has 0 bridgehead atoms. The minimum Gasteiger partial charge on any atom is -0.463 e. The molecule has 3 rings (SSSR count). The molecule has 1 fully saturated rings. The molecule has 4 amide bonds. The molecule has 1 aromatic carbocycles. The maximum atomic E-state index is 13.1. The molecule has 1 unspecified atom stereocenters. The quantitative estimate of drug-likeness (QED) is 0.0796. The Morgan fingerprint density at radius 2 is 1.41 bits per heavy atom. The zero-order valence-electron chi connectivity index (χ0n) is 27.6. The molecule has 11 nitrogen and oxygen atoms in total. The van der Waals surface area contributed by atoms with Crippen molar-refractivity contribution in [1.82, 2.24) is 10.2 Å². The van der Waals surface area contributed by atoms with Crippen LogP contribution in [0.4, 0.5) is 5.69 Å². The van der Waals surface area contributed by atoms with Crippen LogP contribution >= 0.6 is 0 Å². The van der Waals surface area contributed by atoms with Crippen LogP contribution in [0.1, 0.15) is 130 Å². The first kappa shape index (κ1) is 37.2. The molecule has 1 atom stereocenters. The lowest BCUT2D eigenvalue weighted by atomic mass is 10.0. The van der Waals surface area contributed by atoms with Gasteiger partial charge in [-0.25, -0.2) is 0 Å². The molecular formula is C35H53N3O8. The van der Waals surface area contributed by atoms with E-state index in [1.54, 1.807) is 18.2 Å². The third-order valence-electron chi connectivity index (χ3n) is 8.38. The number of nitrogens with one attached hydrogen (secondary N) is 2. The number of hydrogen-bond donors (Lipinski definition) is 2. The molecule has 2 aliphatic rings. The number of ether oxygens (including phenoxy) is 3. The van der Waals surface area contributed by atoms with Crippen LogP contribution in [-0.4, -0.2) is 80.1 Å². The molecule has 0 radical (unpaired) electrons. The fourth-order valence-electron chi connectivity index (χ4n) is 5.82. The number of rotatable bonds is 25. The smallest absolute Gasteiger partial charge is 0.305 e. The Balaban J connectivity index is 1.15. The maximum Gasteiger partial charge on any atom is 0.305 e. The van der Waals surface area contributed by atoms with Gasteiger partial charge in [0.25, 0.3) is 11.8 Å². The number of carbonyl (C=O) groups excluding carboxylic acids is 5. The van der Waals surface area contributed by atoms with Gasteiger partial charge in [0.1, 0.15) is 12.6 Å². The third kappa shape index (κ3) is 12.5. The second kappa shape index (κ2) is 21.5. The van der Waals surface area contributed by atoms with E-state index in [0.29, 0.717) is 45.1 Å². The van der Waals surface area contributed by atoms with Crippen molar-refractivity contribution in [1.29, 1.82) is 0 Å². The Morgan fingerprint density at radius 1 is 0.804 bits per heavy atom. The van der Waals surface area contributed by atoms with E-state index in [1.165, 1.54) is 70.6 Å². The van der Waals surface area contributed by atoms with Crippen LogP contribution < -0.4 is 10.6 Å². The molecular weight excluding hydrogens is 590 g/mol. The molecule has 1 saturated heterocycles. The molecule has 2 aliphatic heterocycles. The predicted octanol–water partition coefficient (Wildman–Crippen LogP) is 5.56. The summed E-state index contributed by atoms with van der Waals surface area (Å²) in [4.78, 5) is 62.7. The van der Waals surface area contributed by atoms with Crippen molar-refractivity contribution >= 4 is 35.3 Å². The van der Waals surface area contributed by atoms with E-state index in [0.717, 1.165) is 17.7 Å². The number of piperidine rings is 1. The van der Waals surface area contributed by atoms with Gasteiger partial charge in [0, 0.05) is 25.1 Å². The molecule has 2 N–H and O–H groups in total. The Labute approximate surface area is 273 Å². The van der Waals surface area contributed by atoms with Gasteiger partial charge < -0.3 is 19.5 Å². The van der Waals surface area contributed by atoms with E-state index in [1.807, 2.05) is 0 Å². The lowest BCUT2D eigenvalue weighted by Crippen LogP contribution is -2.54. The van der Waals surface area contributed by atoms with Crippen molar-refractivity contribution in [2.24, 2.45) is 0 Å². The van der Waals surface area contributed by atoms with Gasteiger partial charge in [-0.1, -0.05) is 90.0 Å². The van der Waals surface area contributed by atoms with Gasteiger partial charge in [0.2, 0.25) is 11.8 Å². The topological polar surface area (TPSA) is 140 Å². The Hall–Kier alpha value is -3.31. The van der Waals surface area contributed by atoms with Gasteiger partial charge in [-0.3, -0.25) is 34.2 Å². The van der Waals surface area contributed by atoms with E-state index in [-0.39, 0.29) is 36.5 Å². The number of nitrogens with zero attached hydrogens (tertiary/aromatic N) is 1. The summed E-state index contributed by atoms with van der Waals surface area (Å²) in [7, 11) is 0. The summed E-state index contributed by atoms with van der Waals surface area (Å²) < 4.78 is 16.3. The van der Waals surface area contributed by atoms with Crippen molar-refractivity contribution in [2.75, 3.05) is 44.9 Å². The van der Waals surface area contributed by atoms with Crippen molar-refractivity contribution in [3.63, 3.8) is 0 Å². The normalized spacial score (nSPS) is 16.1. The van der Waals surface area contributed by atoms with Crippen LogP contribution in [0.5, 0.6) is 0 Å². The van der Waals surface area contributed by atoms with E-state index in [2.05, 4.69) is 17.6 Å². The lowest BCUT2D eigenvalue weighted by Gasteiger charge is -2.27. The van der Waals surface area contributed by atoms with Gasteiger partial charge in [-0.15, -0.1) is 0 Å². The zero-order valence-corrected chi connectivity index (χ0v) is 27.6. The largest absolute Gasteiger partial charge is 0.463 e. The predicted molar refractivity (Wildman–Crippen MR) is 175 cm³/mol. The second-order valence-corrected chi connectivity index (χ2v) is 12.0. The number of hydrogen-bond acceptors (Lipinski definition) is 9. The maximum absolute atomic E-state index is 13.1. The van der Waals surface area contributed by atoms with Gasteiger partial charge >= 0.3 is 5.97 Å². The number of benzene rings is 1. The number of anilines is 1. The summed E-state index contributed by atoms with van der Waals surface area (Å²) >= 11 is 0. The van der Waals surface area contributed by atoms with Crippen LogP contribution in [0.15, 0.2) is 18.2 Å². The van der Waals surface area contributed by atoms with Crippen molar-refractivity contribution in [3.05, 3.63) is 29.3 Å². The number of imide groups is 2. The fourth-order valence-corrected chi connectivity index (χ4v) is 5.82. The van der Waals surface area contributed by atoms with Gasteiger partial charge in [0.15, 0.2) is 0 Å². The molecule has 0 aromatic heterocycles. The standard InChI is InChI=1S/C35H53N3O8/c1-2-3-4-5-6-7-8-9-10-11-12-13-14-18-31(40)46-26-25-45-24-23-44-22-21-36-28-17-15-16-27-32(28)35(43)38(34(27)42)29-19-20-30(39)37-33(29)41/h15-17,29,36H,2-14,18-26H2,1H3,(H,37,39,41). The molecule has 0 aliphatic carbocycles. The molecule has 256 valence electrons. The molecule has 11 heteroatoms. The number of carbonyl (C=O) groups is 5. The van der Waals surface area contributed by atoms with Gasteiger partial charge in [0.05, 0.1) is 37.6 Å². The molecule has 1 aromatic rings. The minimum absolute atomic E-state index is 0.0701. The number of unbranched alkanes of at least 4 members (excludes halogenated alkanes) is 12. The van der Waals surface area contributed by atoms with Crippen molar-refractivity contribution in [3.8, 4) is 0 Å². The summed E-state index contributed by atoms with van der Waals surface area (Å²) in [5.74, 6) is -2.33. The van der Waals surface area contributed by atoms with Gasteiger partial charge in [-0.05, 0) is 25.0 Å². The van der Waals surface area contributed by atoms with Crippen LogP contribution in [0, 0.1) is 0 Å². The first-order chi connectivity index (χ1) is 22.4. The monoisotopic (exact) mass is 643 g/mol.